The molecular weight excluding hydrogens is 254 g/mol. The summed E-state index contributed by atoms with van der Waals surface area (Å²) in [6.45, 7) is 2.03. The van der Waals surface area contributed by atoms with Gasteiger partial charge in [-0.15, -0.1) is 0 Å². The Balaban J connectivity index is 2.07. The third kappa shape index (κ3) is 2.27. The summed E-state index contributed by atoms with van der Waals surface area (Å²) in [4.78, 5) is 14.0. The Bertz CT molecular complexity index is 602. The highest BCUT2D eigenvalue weighted by Gasteiger charge is 2.19. The number of hydrogen-bond acceptors (Lipinski definition) is 4. The summed E-state index contributed by atoms with van der Waals surface area (Å²) < 4.78 is 6.63. The zero-order chi connectivity index (χ0) is 13.9. The van der Waals surface area contributed by atoms with Gasteiger partial charge >= 0.3 is 5.97 Å². The average molecular weight is 271 g/mol. The third-order valence-electron chi connectivity index (χ3n) is 3.59. The molecule has 0 spiro atoms. The van der Waals surface area contributed by atoms with Gasteiger partial charge in [-0.1, -0.05) is 0 Å². The molecule has 5 heteroatoms. The summed E-state index contributed by atoms with van der Waals surface area (Å²) in [7, 11) is 1.40. The second-order valence-corrected chi connectivity index (χ2v) is 4.84. The Morgan fingerprint density at radius 3 is 2.70 bits per heavy atom. The van der Waals surface area contributed by atoms with Crippen LogP contribution in [0, 0.1) is 0 Å². The number of aromatic nitrogens is 2. The molecule has 0 unspecified atom stereocenters. The molecule has 2 aromatic rings. The standard InChI is InChI=1S/C15H17N3O2/c1-20-15(19)12-5-6-13(18-10-4-7-16-18)14(11-12)17-8-2-3-9-17/h4-7,10-11H,2-3,8-9H2,1H3. The average Bonchev–Trinajstić information content (AvgIpc) is 3.18. The maximum absolute atomic E-state index is 11.7. The number of hydrogen-bond donors (Lipinski definition) is 0. The van der Waals surface area contributed by atoms with Gasteiger partial charge in [-0.25, -0.2) is 9.48 Å². The van der Waals surface area contributed by atoms with Gasteiger partial charge in [0.15, 0.2) is 0 Å². The molecule has 0 amide bonds. The van der Waals surface area contributed by atoms with Gasteiger partial charge < -0.3 is 9.64 Å². The lowest BCUT2D eigenvalue weighted by atomic mass is 10.1. The lowest BCUT2D eigenvalue weighted by molar-refractivity contribution is 0.0601. The van der Waals surface area contributed by atoms with Crippen molar-refractivity contribution < 1.29 is 9.53 Å². The van der Waals surface area contributed by atoms with E-state index in [2.05, 4.69) is 10.00 Å². The van der Waals surface area contributed by atoms with Crippen LogP contribution in [0.1, 0.15) is 23.2 Å². The minimum Gasteiger partial charge on any atom is -0.465 e. The minimum absolute atomic E-state index is 0.308. The second kappa shape index (κ2) is 5.36. The first-order chi connectivity index (χ1) is 9.79. The molecule has 0 bridgehead atoms. The van der Waals surface area contributed by atoms with Crippen LogP contribution in [-0.2, 0) is 4.74 Å². The zero-order valence-corrected chi connectivity index (χ0v) is 11.5. The quantitative estimate of drug-likeness (QED) is 0.803. The predicted molar refractivity (Wildman–Crippen MR) is 76.4 cm³/mol. The van der Waals surface area contributed by atoms with Crippen molar-refractivity contribution in [3.63, 3.8) is 0 Å². The van der Waals surface area contributed by atoms with E-state index in [4.69, 9.17) is 4.74 Å². The fourth-order valence-electron chi connectivity index (χ4n) is 2.58. The number of esters is 1. The van der Waals surface area contributed by atoms with E-state index in [-0.39, 0.29) is 5.97 Å². The van der Waals surface area contributed by atoms with Gasteiger partial charge in [0.2, 0.25) is 0 Å². The summed E-state index contributed by atoms with van der Waals surface area (Å²) in [5.41, 5.74) is 2.60. The van der Waals surface area contributed by atoms with Crippen LogP contribution in [-0.4, -0.2) is 35.9 Å². The van der Waals surface area contributed by atoms with Crippen molar-refractivity contribution >= 4 is 11.7 Å². The predicted octanol–water partition coefficient (Wildman–Crippen LogP) is 2.26. The Labute approximate surface area is 117 Å². The van der Waals surface area contributed by atoms with E-state index in [1.165, 1.54) is 20.0 Å². The van der Waals surface area contributed by atoms with Gasteiger partial charge in [0, 0.05) is 25.5 Å². The van der Waals surface area contributed by atoms with Gasteiger partial charge in [-0.05, 0) is 37.1 Å². The molecule has 1 fully saturated rings. The first-order valence-electron chi connectivity index (χ1n) is 6.77. The molecule has 104 valence electrons. The van der Waals surface area contributed by atoms with E-state index in [1.807, 2.05) is 29.1 Å². The van der Waals surface area contributed by atoms with E-state index in [0.29, 0.717) is 5.56 Å². The zero-order valence-electron chi connectivity index (χ0n) is 11.5. The maximum Gasteiger partial charge on any atom is 0.337 e. The van der Waals surface area contributed by atoms with Crippen LogP contribution in [0.5, 0.6) is 0 Å². The molecule has 0 saturated carbocycles. The molecule has 1 aromatic carbocycles. The number of methoxy groups -OCH3 is 1. The topological polar surface area (TPSA) is 47.4 Å². The Morgan fingerprint density at radius 2 is 2.05 bits per heavy atom. The number of carbonyl (C=O) groups excluding carboxylic acids is 1. The van der Waals surface area contributed by atoms with Crippen LogP contribution in [0.15, 0.2) is 36.7 Å². The summed E-state index contributed by atoms with van der Waals surface area (Å²) in [5, 5.41) is 4.29. The molecule has 5 nitrogen and oxygen atoms in total. The highest BCUT2D eigenvalue weighted by atomic mass is 16.5. The molecule has 1 saturated heterocycles. The van der Waals surface area contributed by atoms with Crippen LogP contribution in [0.25, 0.3) is 5.69 Å². The number of anilines is 1. The van der Waals surface area contributed by atoms with E-state index >= 15 is 0 Å². The number of rotatable bonds is 3. The fraction of sp³-hybridized carbons (Fsp3) is 0.333. The lowest BCUT2D eigenvalue weighted by Gasteiger charge is -2.22. The fourth-order valence-corrected chi connectivity index (χ4v) is 2.58. The highest BCUT2D eigenvalue weighted by molar-refractivity contribution is 5.91. The molecule has 0 aliphatic carbocycles. The Morgan fingerprint density at radius 1 is 1.25 bits per heavy atom. The molecule has 0 atom stereocenters. The van der Waals surface area contributed by atoms with Crippen molar-refractivity contribution in [2.24, 2.45) is 0 Å². The van der Waals surface area contributed by atoms with Crippen molar-refractivity contribution in [1.29, 1.82) is 0 Å². The first-order valence-corrected chi connectivity index (χ1v) is 6.77. The van der Waals surface area contributed by atoms with E-state index < -0.39 is 0 Å². The van der Waals surface area contributed by atoms with Gasteiger partial charge in [0.1, 0.15) is 0 Å². The van der Waals surface area contributed by atoms with Crippen LogP contribution < -0.4 is 4.90 Å². The molecule has 1 aliphatic rings. The van der Waals surface area contributed by atoms with E-state index in [1.54, 1.807) is 12.3 Å². The van der Waals surface area contributed by atoms with Crippen molar-refractivity contribution in [3.8, 4) is 5.69 Å². The third-order valence-corrected chi connectivity index (χ3v) is 3.59. The molecule has 2 heterocycles. The molecular formula is C15H17N3O2. The SMILES string of the molecule is COC(=O)c1ccc(-n2cccn2)c(N2CCCC2)c1. The lowest BCUT2D eigenvalue weighted by Crippen LogP contribution is -2.20. The van der Waals surface area contributed by atoms with E-state index in [9.17, 15) is 4.79 Å². The molecule has 1 aliphatic heterocycles. The maximum atomic E-state index is 11.7. The van der Waals surface area contributed by atoms with Crippen molar-refractivity contribution in [2.75, 3.05) is 25.1 Å². The second-order valence-electron chi connectivity index (χ2n) is 4.84. The van der Waals surface area contributed by atoms with Crippen molar-refractivity contribution in [3.05, 3.63) is 42.2 Å². The normalized spacial score (nSPS) is 14.6. The molecule has 0 radical (unpaired) electrons. The van der Waals surface area contributed by atoms with Gasteiger partial charge in [0.25, 0.3) is 0 Å². The molecule has 3 rings (SSSR count). The smallest absolute Gasteiger partial charge is 0.337 e. The summed E-state index contributed by atoms with van der Waals surface area (Å²) in [6.07, 6.45) is 6.02. The van der Waals surface area contributed by atoms with Crippen LogP contribution >= 0.6 is 0 Å². The van der Waals surface area contributed by atoms with Crippen molar-refractivity contribution in [2.45, 2.75) is 12.8 Å². The number of benzene rings is 1. The van der Waals surface area contributed by atoms with Crippen LogP contribution in [0.3, 0.4) is 0 Å². The monoisotopic (exact) mass is 271 g/mol. The van der Waals surface area contributed by atoms with Gasteiger partial charge in [-0.2, -0.15) is 5.10 Å². The Kier molecular flexibility index (Phi) is 3.41. The van der Waals surface area contributed by atoms with Crippen LogP contribution in [0.2, 0.25) is 0 Å². The van der Waals surface area contributed by atoms with E-state index in [0.717, 1.165) is 24.5 Å². The van der Waals surface area contributed by atoms with Gasteiger partial charge in [0.05, 0.1) is 24.0 Å². The Hall–Kier alpha value is -2.30. The molecule has 20 heavy (non-hydrogen) atoms. The highest BCUT2D eigenvalue weighted by Crippen LogP contribution is 2.28. The first kappa shape index (κ1) is 12.7. The van der Waals surface area contributed by atoms with Crippen molar-refractivity contribution in [1.82, 2.24) is 9.78 Å². The minimum atomic E-state index is -0.308. The summed E-state index contributed by atoms with van der Waals surface area (Å²) >= 11 is 0. The van der Waals surface area contributed by atoms with Gasteiger partial charge in [-0.3, -0.25) is 0 Å². The number of ether oxygens (including phenoxy) is 1. The van der Waals surface area contributed by atoms with Crippen LogP contribution in [0.4, 0.5) is 5.69 Å². The molecule has 0 N–H and O–H groups in total. The summed E-state index contributed by atoms with van der Waals surface area (Å²) in [5.74, 6) is -0.308. The molecule has 1 aromatic heterocycles. The largest absolute Gasteiger partial charge is 0.465 e. The number of carbonyl (C=O) groups is 1. The number of nitrogens with zero attached hydrogens (tertiary/aromatic N) is 3. The summed E-state index contributed by atoms with van der Waals surface area (Å²) in [6, 6.07) is 7.49.